The lowest BCUT2D eigenvalue weighted by Crippen LogP contribution is -2.36. The molecule has 0 aromatic heterocycles. The second-order valence-electron chi connectivity index (χ2n) is 11.8. The zero-order valence-corrected chi connectivity index (χ0v) is 27.0. The molecule has 4 heteroatoms. The van der Waals surface area contributed by atoms with Crippen LogP contribution < -0.4 is 15.9 Å². The molecule has 0 bridgehead atoms. The van der Waals surface area contributed by atoms with E-state index >= 15 is 8.42 Å². The monoisotopic (exact) mass is 630 g/mol. The van der Waals surface area contributed by atoms with Crippen molar-refractivity contribution in [3.63, 3.8) is 0 Å². The molecule has 0 amide bonds. The van der Waals surface area contributed by atoms with Crippen molar-refractivity contribution < 1.29 is 8.42 Å². The van der Waals surface area contributed by atoms with Gasteiger partial charge in [0.05, 0.1) is 9.52 Å². The minimum atomic E-state index is -3.97. The van der Waals surface area contributed by atoms with Crippen LogP contribution >= 0.6 is 6.89 Å². The zero-order valence-electron chi connectivity index (χ0n) is 25.3. The van der Waals surface area contributed by atoms with Crippen LogP contribution in [-0.4, -0.2) is 13.0 Å². The Hall–Kier alpha value is -4.95. The Balaban J connectivity index is 1.61. The van der Waals surface area contributed by atoms with Gasteiger partial charge in [0.25, 0.3) is 0 Å². The van der Waals surface area contributed by atoms with Crippen molar-refractivity contribution >= 4 is 64.4 Å². The molecule has 222 valence electrons. The molecule has 0 saturated carbocycles. The van der Waals surface area contributed by atoms with E-state index in [0.717, 1.165) is 54.3 Å². The van der Waals surface area contributed by atoms with E-state index in [-0.39, 0.29) is 0 Å². The van der Waals surface area contributed by atoms with Gasteiger partial charge in [0.2, 0.25) is 9.84 Å². The molecule has 1 aliphatic rings. The summed E-state index contributed by atoms with van der Waals surface area (Å²) in [5, 5.41) is 7.62. The number of hydrogen-bond donors (Lipinski definition) is 0. The van der Waals surface area contributed by atoms with E-state index in [9.17, 15) is 0 Å². The molecular weight excluding hydrogens is 600 g/mol. The van der Waals surface area contributed by atoms with Gasteiger partial charge in [-0.3, -0.25) is 0 Å². The first-order chi connectivity index (χ1) is 22.5. The highest BCUT2D eigenvalue weighted by molar-refractivity contribution is 8.20. The summed E-state index contributed by atoms with van der Waals surface area (Å²) in [4.78, 5) is 0.308. The number of fused-ring (bicyclic) bond motifs is 4. The molecule has 0 spiro atoms. The van der Waals surface area contributed by atoms with Gasteiger partial charge in [-0.15, -0.1) is 0 Å². The minimum absolute atomic E-state index is 0.308. The van der Waals surface area contributed by atoms with Crippen LogP contribution in [0.5, 0.6) is 0 Å². The second-order valence-corrected chi connectivity index (χ2v) is 17.3. The summed E-state index contributed by atoms with van der Waals surface area (Å²) in [5.74, 6) is 0. The normalized spacial score (nSPS) is 14.2. The Morgan fingerprint density at radius 1 is 0.500 bits per heavy atom. The summed E-state index contributed by atoms with van der Waals surface area (Å²) in [7, 11) is -3.97. The van der Waals surface area contributed by atoms with Gasteiger partial charge in [-0.2, -0.15) is 0 Å². The molecule has 7 aromatic rings. The third-order valence-electron chi connectivity index (χ3n) is 9.11. The number of sulfone groups is 1. The van der Waals surface area contributed by atoms with Crippen molar-refractivity contribution in [2.24, 2.45) is 0 Å². The summed E-state index contributed by atoms with van der Waals surface area (Å²) < 4.78 is 31.0. The van der Waals surface area contributed by atoms with Crippen LogP contribution in [-0.2, 0) is 9.84 Å². The van der Waals surface area contributed by atoms with Crippen LogP contribution in [0.2, 0.25) is 0 Å². The van der Waals surface area contributed by atoms with E-state index in [1.165, 1.54) is 5.39 Å². The minimum Gasteiger partial charge on any atom is -0.218 e. The predicted molar refractivity (Wildman–Crippen MR) is 197 cm³/mol. The fourth-order valence-electron chi connectivity index (χ4n) is 6.99. The SMILES string of the molecule is Cc1ccc(S(=O)(=O)C2=P(c3ccccc3)(c3ccccc3)c3ccccc3C(c3cc4ccccc4c4ccccc34)=C2)cc1. The lowest BCUT2D eigenvalue weighted by Gasteiger charge is -2.36. The lowest BCUT2D eigenvalue weighted by molar-refractivity contribution is 0.608. The first-order valence-electron chi connectivity index (χ1n) is 15.4. The number of aryl methyl sites for hydroxylation is 1. The van der Waals surface area contributed by atoms with E-state index < -0.39 is 16.7 Å². The Kier molecular flexibility index (Phi) is 6.91. The van der Waals surface area contributed by atoms with Gasteiger partial charge in [0.1, 0.15) is 0 Å². The highest BCUT2D eigenvalue weighted by atomic mass is 32.2. The summed E-state index contributed by atoms with van der Waals surface area (Å²) in [6.45, 7) is -0.927. The Morgan fingerprint density at radius 2 is 1.04 bits per heavy atom. The van der Waals surface area contributed by atoms with E-state index in [2.05, 4.69) is 103 Å². The first kappa shape index (κ1) is 28.5. The van der Waals surface area contributed by atoms with Crippen LogP contribution in [0.1, 0.15) is 16.7 Å². The molecule has 1 aliphatic heterocycles. The van der Waals surface area contributed by atoms with Gasteiger partial charge in [0, 0.05) is 0 Å². The standard InChI is InChI=1S/C42H31O2PS/c1-30-24-26-34(27-25-30)46(43,44)42-29-40(39-28-31-14-8-9-19-35(31)36-20-10-11-21-37(36)39)38-22-12-13-23-41(38)45(42,32-15-4-2-5-16-32)33-17-6-3-7-18-33/h2-29H,1H3. The second kappa shape index (κ2) is 11.1. The van der Waals surface area contributed by atoms with Gasteiger partial charge < -0.3 is 0 Å². The van der Waals surface area contributed by atoms with Crippen LogP contribution in [0, 0.1) is 6.92 Å². The number of hydrogen-bond acceptors (Lipinski definition) is 2. The number of rotatable bonds is 5. The van der Waals surface area contributed by atoms with Gasteiger partial charge in [-0.25, -0.2) is 8.42 Å². The van der Waals surface area contributed by atoms with E-state index in [4.69, 9.17) is 0 Å². The van der Waals surface area contributed by atoms with Gasteiger partial charge >= 0.3 is 0 Å². The van der Waals surface area contributed by atoms with Crippen molar-refractivity contribution in [3.05, 3.63) is 187 Å². The molecule has 7 aromatic carbocycles. The van der Waals surface area contributed by atoms with Crippen LogP contribution in [0.3, 0.4) is 0 Å². The van der Waals surface area contributed by atoms with Crippen molar-refractivity contribution in [1.29, 1.82) is 0 Å². The zero-order chi connectivity index (χ0) is 31.3. The fourth-order valence-corrected chi connectivity index (χ4v) is 14.7. The predicted octanol–water partition coefficient (Wildman–Crippen LogP) is 8.64. The Labute approximate surface area is 270 Å². The van der Waals surface area contributed by atoms with Crippen LogP contribution in [0.25, 0.3) is 27.1 Å². The summed E-state index contributed by atoms with van der Waals surface area (Å²) in [6, 6.07) is 55.3. The molecule has 46 heavy (non-hydrogen) atoms. The highest BCUT2D eigenvalue weighted by Crippen LogP contribution is 2.53. The Morgan fingerprint density at radius 3 is 1.72 bits per heavy atom. The van der Waals surface area contributed by atoms with Crippen LogP contribution in [0.4, 0.5) is 0 Å². The molecular formula is C42H31O2PS. The smallest absolute Gasteiger partial charge is 0.207 e. The highest BCUT2D eigenvalue weighted by Gasteiger charge is 2.40. The van der Waals surface area contributed by atoms with Crippen molar-refractivity contribution in [3.8, 4) is 0 Å². The van der Waals surface area contributed by atoms with E-state index in [0.29, 0.717) is 9.52 Å². The maximum Gasteiger partial charge on any atom is 0.207 e. The molecule has 1 heterocycles. The molecule has 0 saturated heterocycles. The molecule has 0 unspecified atom stereocenters. The van der Waals surface area contributed by atoms with E-state index in [1.54, 1.807) is 12.1 Å². The fraction of sp³-hybridized carbons (Fsp3) is 0.0238. The Bertz CT molecular complexity index is 2430. The molecule has 0 radical (unpaired) electrons. The van der Waals surface area contributed by atoms with Crippen LogP contribution in [0.15, 0.2) is 175 Å². The topological polar surface area (TPSA) is 34.1 Å². The molecule has 0 N–H and O–H groups in total. The van der Waals surface area contributed by atoms with Crippen molar-refractivity contribution in [1.82, 2.24) is 0 Å². The maximum atomic E-state index is 15.3. The third-order valence-corrected chi connectivity index (χ3v) is 16.3. The van der Waals surface area contributed by atoms with Gasteiger partial charge in [0.15, 0.2) is 0 Å². The average Bonchev–Trinajstić information content (AvgIpc) is 3.11. The number of benzene rings is 7. The molecule has 0 fully saturated rings. The quantitative estimate of drug-likeness (QED) is 0.141. The molecule has 2 nitrogen and oxygen atoms in total. The third kappa shape index (κ3) is 4.35. The summed E-state index contributed by atoms with van der Waals surface area (Å²) in [6.07, 6.45) is 2.02. The largest absolute Gasteiger partial charge is 0.218 e. The molecule has 0 aliphatic carbocycles. The van der Waals surface area contributed by atoms with Crippen molar-refractivity contribution in [2.75, 3.05) is 0 Å². The molecule has 8 rings (SSSR count). The average molecular weight is 631 g/mol. The van der Waals surface area contributed by atoms with Gasteiger partial charge in [-0.05, 0) is 92.2 Å². The lowest BCUT2D eigenvalue weighted by atomic mass is 9.90. The maximum absolute atomic E-state index is 15.3. The first-order valence-corrected chi connectivity index (χ1v) is 18.7. The summed E-state index contributed by atoms with van der Waals surface area (Å²) in [5.41, 5.74) is 4.03. The summed E-state index contributed by atoms with van der Waals surface area (Å²) >= 11 is 0. The van der Waals surface area contributed by atoms with E-state index in [1.807, 2.05) is 61.5 Å². The van der Waals surface area contributed by atoms with Crippen molar-refractivity contribution in [2.45, 2.75) is 11.8 Å². The van der Waals surface area contributed by atoms with Gasteiger partial charge in [-0.1, -0.05) is 151 Å². The molecule has 0 atom stereocenters.